The number of aryl methyl sites for hydroxylation is 1. The van der Waals surface area contributed by atoms with E-state index in [9.17, 15) is 4.79 Å². The van der Waals surface area contributed by atoms with E-state index in [1.54, 1.807) is 0 Å². The van der Waals surface area contributed by atoms with E-state index in [2.05, 4.69) is 44.2 Å². The lowest BCUT2D eigenvalue weighted by atomic mass is 9.95. The molecule has 21 heavy (non-hydrogen) atoms. The molecule has 0 spiro atoms. The van der Waals surface area contributed by atoms with Gasteiger partial charge in [0.1, 0.15) is 6.61 Å². The fourth-order valence-corrected chi connectivity index (χ4v) is 2.05. The lowest BCUT2D eigenvalue weighted by Crippen LogP contribution is -2.12. The van der Waals surface area contributed by atoms with E-state index in [1.807, 2.05) is 20.8 Å². The van der Waals surface area contributed by atoms with Crippen LogP contribution in [0.3, 0.4) is 0 Å². The van der Waals surface area contributed by atoms with Crippen molar-refractivity contribution in [1.82, 2.24) is 0 Å². The van der Waals surface area contributed by atoms with Crippen LogP contribution in [0.25, 0.3) is 0 Å². The van der Waals surface area contributed by atoms with Gasteiger partial charge in [-0.05, 0) is 43.7 Å². The maximum absolute atomic E-state index is 11.4. The summed E-state index contributed by atoms with van der Waals surface area (Å²) in [6.07, 6.45) is 4.30. The van der Waals surface area contributed by atoms with Crippen molar-refractivity contribution >= 4 is 5.97 Å². The van der Waals surface area contributed by atoms with Crippen molar-refractivity contribution in [3.63, 3.8) is 0 Å². The van der Waals surface area contributed by atoms with Crippen LogP contribution in [-0.2, 0) is 9.53 Å². The molecule has 0 radical (unpaired) electrons. The fraction of sp³-hybridized carbons (Fsp3) is 0.526. The van der Waals surface area contributed by atoms with Crippen LogP contribution in [0.5, 0.6) is 0 Å². The van der Waals surface area contributed by atoms with E-state index in [4.69, 9.17) is 4.74 Å². The summed E-state index contributed by atoms with van der Waals surface area (Å²) < 4.78 is 5.21. The lowest BCUT2D eigenvalue weighted by molar-refractivity contribution is -0.146. The Labute approximate surface area is 129 Å². The predicted octanol–water partition coefficient (Wildman–Crippen LogP) is 5.02. The van der Waals surface area contributed by atoms with Gasteiger partial charge in [-0.15, -0.1) is 0 Å². The highest BCUT2D eigenvalue weighted by Crippen LogP contribution is 2.21. The molecule has 116 valence electrons. The van der Waals surface area contributed by atoms with Crippen molar-refractivity contribution in [2.45, 2.75) is 53.4 Å². The van der Waals surface area contributed by atoms with E-state index in [-0.39, 0.29) is 11.9 Å². The molecule has 1 atom stereocenters. The zero-order valence-electron chi connectivity index (χ0n) is 14.0. The molecule has 0 unspecified atom stereocenters. The van der Waals surface area contributed by atoms with Gasteiger partial charge in [0.25, 0.3) is 0 Å². The third-order valence-electron chi connectivity index (χ3n) is 3.65. The van der Waals surface area contributed by atoms with Gasteiger partial charge < -0.3 is 4.74 Å². The highest BCUT2D eigenvalue weighted by molar-refractivity contribution is 5.71. The smallest absolute Gasteiger partial charge is 0.308 e. The van der Waals surface area contributed by atoms with Crippen LogP contribution < -0.4 is 0 Å². The van der Waals surface area contributed by atoms with Crippen LogP contribution in [0.4, 0.5) is 0 Å². The zero-order valence-corrected chi connectivity index (χ0v) is 14.0. The van der Waals surface area contributed by atoms with Crippen LogP contribution in [-0.4, -0.2) is 12.6 Å². The quantitative estimate of drug-likeness (QED) is 0.520. The SMILES string of the molecule is C/C(=C/CC[C@H](C)c1ccc(C)cc1)COC(=O)C(C)C. The molecule has 0 heterocycles. The number of carbonyl (C=O) groups excluding carboxylic acids is 1. The standard InChI is InChI=1S/C19H28O2/c1-14(2)19(20)21-13-16(4)7-6-8-17(5)18-11-9-15(3)10-12-18/h7,9-12,14,17H,6,8,13H2,1-5H3/b16-7-/t17-/m0/s1. The number of esters is 1. The van der Waals surface area contributed by atoms with Crippen LogP contribution in [0, 0.1) is 12.8 Å². The molecule has 1 aromatic rings. The average Bonchev–Trinajstić information content (AvgIpc) is 2.45. The summed E-state index contributed by atoms with van der Waals surface area (Å²) in [5.41, 5.74) is 3.81. The second kappa shape index (κ2) is 8.66. The monoisotopic (exact) mass is 288 g/mol. The summed E-state index contributed by atoms with van der Waals surface area (Å²) in [6, 6.07) is 8.75. The molecular formula is C19H28O2. The summed E-state index contributed by atoms with van der Waals surface area (Å²) in [5, 5.41) is 0. The number of rotatable bonds is 7. The van der Waals surface area contributed by atoms with E-state index in [1.165, 1.54) is 11.1 Å². The minimum absolute atomic E-state index is 0.0561. The third kappa shape index (κ3) is 6.61. The highest BCUT2D eigenvalue weighted by atomic mass is 16.5. The number of ether oxygens (including phenoxy) is 1. The molecule has 2 heteroatoms. The maximum Gasteiger partial charge on any atom is 0.308 e. The van der Waals surface area contributed by atoms with Gasteiger partial charge in [0.2, 0.25) is 0 Å². The first-order chi connectivity index (χ1) is 9.90. The first kappa shape index (κ1) is 17.5. The number of carbonyl (C=O) groups is 1. The van der Waals surface area contributed by atoms with E-state index < -0.39 is 0 Å². The van der Waals surface area contributed by atoms with Crippen LogP contribution >= 0.6 is 0 Å². The summed E-state index contributed by atoms with van der Waals surface area (Å²) in [5.74, 6) is 0.364. The first-order valence-electron chi connectivity index (χ1n) is 7.79. The molecule has 0 amide bonds. The van der Waals surface area contributed by atoms with E-state index in [0.29, 0.717) is 12.5 Å². The molecule has 0 aliphatic heterocycles. The average molecular weight is 288 g/mol. The molecule has 0 N–H and O–H groups in total. The number of hydrogen-bond acceptors (Lipinski definition) is 2. The van der Waals surface area contributed by atoms with Crippen molar-refractivity contribution in [1.29, 1.82) is 0 Å². The summed E-state index contributed by atoms with van der Waals surface area (Å²) in [4.78, 5) is 11.4. The van der Waals surface area contributed by atoms with E-state index >= 15 is 0 Å². The molecule has 0 aliphatic carbocycles. The summed E-state index contributed by atoms with van der Waals surface area (Å²) in [7, 11) is 0. The Morgan fingerprint density at radius 3 is 2.38 bits per heavy atom. The fourth-order valence-electron chi connectivity index (χ4n) is 2.05. The van der Waals surface area contributed by atoms with Crippen molar-refractivity contribution in [3.8, 4) is 0 Å². The molecule has 2 nitrogen and oxygen atoms in total. The zero-order chi connectivity index (χ0) is 15.8. The van der Waals surface area contributed by atoms with E-state index in [0.717, 1.165) is 18.4 Å². The third-order valence-corrected chi connectivity index (χ3v) is 3.65. The van der Waals surface area contributed by atoms with Gasteiger partial charge in [0.15, 0.2) is 0 Å². The van der Waals surface area contributed by atoms with Crippen molar-refractivity contribution in [2.75, 3.05) is 6.61 Å². The second-order valence-corrected chi connectivity index (χ2v) is 6.20. The van der Waals surface area contributed by atoms with Crippen molar-refractivity contribution in [3.05, 3.63) is 47.0 Å². The van der Waals surface area contributed by atoms with Gasteiger partial charge in [0, 0.05) is 0 Å². The van der Waals surface area contributed by atoms with Gasteiger partial charge in [-0.2, -0.15) is 0 Å². The molecule has 0 bridgehead atoms. The molecule has 1 aromatic carbocycles. The molecule has 0 saturated carbocycles. The molecular weight excluding hydrogens is 260 g/mol. The van der Waals surface area contributed by atoms with Crippen LogP contribution in [0.15, 0.2) is 35.9 Å². The molecule has 0 aromatic heterocycles. The molecule has 1 rings (SSSR count). The minimum atomic E-state index is -0.129. The van der Waals surface area contributed by atoms with Crippen LogP contribution in [0.1, 0.15) is 57.6 Å². The second-order valence-electron chi connectivity index (χ2n) is 6.20. The highest BCUT2D eigenvalue weighted by Gasteiger charge is 2.08. The Hall–Kier alpha value is -1.57. The topological polar surface area (TPSA) is 26.3 Å². The Morgan fingerprint density at radius 1 is 1.19 bits per heavy atom. The van der Waals surface area contributed by atoms with Gasteiger partial charge in [-0.1, -0.05) is 56.7 Å². The lowest BCUT2D eigenvalue weighted by Gasteiger charge is -2.11. The first-order valence-corrected chi connectivity index (χ1v) is 7.79. The Balaban J connectivity index is 2.35. The molecule has 0 aliphatic rings. The largest absolute Gasteiger partial charge is 0.461 e. The normalized spacial score (nSPS) is 13.3. The van der Waals surface area contributed by atoms with Crippen molar-refractivity contribution in [2.24, 2.45) is 5.92 Å². The minimum Gasteiger partial charge on any atom is -0.461 e. The Morgan fingerprint density at radius 2 is 1.81 bits per heavy atom. The predicted molar refractivity (Wildman–Crippen MR) is 88.4 cm³/mol. The molecule has 0 fully saturated rings. The summed E-state index contributed by atoms with van der Waals surface area (Å²) >= 11 is 0. The number of benzene rings is 1. The molecule has 0 saturated heterocycles. The van der Waals surface area contributed by atoms with Gasteiger partial charge >= 0.3 is 5.97 Å². The Kier molecular flexibility index (Phi) is 7.21. The number of hydrogen-bond donors (Lipinski definition) is 0. The van der Waals surface area contributed by atoms with Gasteiger partial charge in [-0.3, -0.25) is 4.79 Å². The summed E-state index contributed by atoms with van der Waals surface area (Å²) in [6.45, 7) is 10.5. The Bertz CT molecular complexity index is 469. The van der Waals surface area contributed by atoms with Crippen LogP contribution in [0.2, 0.25) is 0 Å². The van der Waals surface area contributed by atoms with Gasteiger partial charge in [0.05, 0.1) is 5.92 Å². The van der Waals surface area contributed by atoms with Gasteiger partial charge in [-0.25, -0.2) is 0 Å². The number of allylic oxidation sites excluding steroid dienone is 1. The maximum atomic E-state index is 11.4. The van der Waals surface area contributed by atoms with Crippen molar-refractivity contribution < 1.29 is 9.53 Å².